The van der Waals surface area contributed by atoms with E-state index in [4.69, 9.17) is 9.47 Å². The number of hydrazine groups is 2. The number of nitrogens with one attached hydrogen (secondary N) is 3. The minimum absolute atomic E-state index is 0.000803. The molecule has 0 spiro atoms. The van der Waals surface area contributed by atoms with Gasteiger partial charge in [-0.1, -0.05) is 0 Å². The van der Waals surface area contributed by atoms with Gasteiger partial charge in [0, 0.05) is 44.6 Å². The number of amides is 1. The van der Waals surface area contributed by atoms with Crippen LogP contribution in [0.4, 0.5) is 5.69 Å². The average molecular weight is 437 g/mol. The van der Waals surface area contributed by atoms with Crippen LogP contribution in [0.25, 0.3) is 0 Å². The van der Waals surface area contributed by atoms with Crippen molar-refractivity contribution in [3.8, 4) is 5.75 Å². The number of carbonyl (C=O) groups excluding carboxylic acids is 3. The van der Waals surface area contributed by atoms with E-state index in [0.29, 0.717) is 22.7 Å². The lowest BCUT2D eigenvalue weighted by Gasteiger charge is -2.16. The molecule has 0 aromatic heterocycles. The van der Waals surface area contributed by atoms with Crippen LogP contribution in [-0.4, -0.2) is 48.2 Å². The Kier molecular flexibility index (Phi) is 9.92. The van der Waals surface area contributed by atoms with Crippen molar-refractivity contribution in [2.75, 3.05) is 20.8 Å². The molecule has 0 unspecified atom stereocenters. The fraction of sp³-hybridized carbons (Fsp3) is 0.421. The van der Waals surface area contributed by atoms with Gasteiger partial charge in [0.2, 0.25) is 5.91 Å². The molecular formula is C19H27N5O7. The van der Waals surface area contributed by atoms with Crippen LogP contribution < -0.4 is 21.1 Å². The van der Waals surface area contributed by atoms with Crippen molar-refractivity contribution in [2.24, 2.45) is 0 Å². The number of non-ortho nitro benzene ring substituents is 1. The smallest absolute Gasteiger partial charge is 0.357 e. The van der Waals surface area contributed by atoms with Gasteiger partial charge in [-0.25, -0.2) is 4.79 Å². The second-order valence-electron chi connectivity index (χ2n) is 6.59. The minimum atomic E-state index is -0.475. The summed E-state index contributed by atoms with van der Waals surface area (Å²) in [5.74, 6) is -0.0531. The summed E-state index contributed by atoms with van der Waals surface area (Å²) in [6.07, 6.45) is 0.249. The summed E-state index contributed by atoms with van der Waals surface area (Å²) in [6.45, 7) is 5.01. The molecule has 0 radical (unpaired) electrons. The standard InChI is InChI=1S/C11H14N2O4.C8H13N3O3/c1-8(14)12(2)7-9-6-10(13(15)16)4-5-11(9)17-3;1-5(12)3-4-14-8(13)7-6(2)9-11-10-7/h4-6H,7H2,1-3H3;9-11H,3-4H2,1-2H3. The van der Waals surface area contributed by atoms with Crippen LogP contribution in [0.3, 0.4) is 0 Å². The summed E-state index contributed by atoms with van der Waals surface area (Å²) >= 11 is 0. The molecule has 170 valence electrons. The first kappa shape index (κ1) is 25.4. The minimum Gasteiger partial charge on any atom is -0.496 e. The zero-order chi connectivity index (χ0) is 23.6. The third-order valence-electron chi connectivity index (χ3n) is 4.12. The van der Waals surface area contributed by atoms with Crippen molar-refractivity contribution in [2.45, 2.75) is 33.7 Å². The fourth-order valence-corrected chi connectivity index (χ4v) is 2.28. The number of Topliss-reactive ketones (excluding diaryl/α,β-unsaturated/α-hetero) is 1. The van der Waals surface area contributed by atoms with Gasteiger partial charge in [0.1, 0.15) is 11.5 Å². The molecular weight excluding hydrogens is 410 g/mol. The number of allylic oxidation sites excluding steroid dienone is 1. The number of ketones is 1. The number of nitrogens with zero attached hydrogens (tertiary/aromatic N) is 2. The normalized spacial score (nSPS) is 12.0. The molecule has 1 aromatic rings. The summed E-state index contributed by atoms with van der Waals surface area (Å²) < 4.78 is 9.95. The lowest BCUT2D eigenvalue weighted by molar-refractivity contribution is -0.385. The van der Waals surface area contributed by atoms with Crippen LogP contribution in [0.15, 0.2) is 29.6 Å². The van der Waals surface area contributed by atoms with E-state index in [-0.39, 0.29) is 37.0 Å². The zero-order valence-electron chi connectivity index (χ0n) is 18.1. The number of benzene rings is 1. The third-order valence-corrected chi connectivity index (χ3v) is 4.12. The molecule has 2 rings (SSSR count). The highest BCUT2D eigenvalue weighted by Crippen LogP contribution is 2.24. The molecule has 1 amide bonds. The van der Waals surface area contributed by atoms with Gasteiger partial charge in [-0.15, -0.1) is 0 Å². The van der Waals surface area contributed by atoms with Crippen molar-refractivity contribution in [1.29, 1.82) is 0 Å². The molecule has 1 heterocycles. The highest BCUT2D eigenvalue weighted by Gasteiger charge is 2.18. The van der Waals surface area contributed by atoms with Crippen LogP contribution in [0.5, 0.6) is 5.75 Å². The van der Waals surface area contributed by atoms with E-state index in [1.165, 1.54) is 44.1 Å². The van der Waals surface area contributed by atoms with Gasteiger partial charge in [0.15, 0.2) is 5.70 Å². The topological polar surface area (TPSA) is 152 Å². The molecule has 0 saturated carbocycles. The monoisotopic (exact) mass is 437 g/mol. The predicted octanol–water partition coefficient (Wildman–Crippen LogP) is 0.934. The Hall–Kier alpha value is -3.67. The molecule has 12 heteroatoms. The van der Waals surface area contributed by atoms with Crippen molar-refractivity contribution in [3.05, 3.63) is 45.3 Å². The van der Waals surface area contributed by atoms with Gasteiger partial charge in [0.25, 0.3) is 5.69 Å². The van der Waals surface area contributed by atoms with Gasteiger partial charge in [-0.05, 0) is 19.9 Å². The highest BCUT2D eigenvalue weighted by atomic mass is 16.6. The summed E-state index contributed by atoms with van der Waals surface area (Å²) in [7, 11) is 3.11. The number of carbonyl (C=O) groups is 3. The van der Waals surface area contributed by atoms with Crippen LogP contribution in [-0.2, 0) is 25.7 Å². The van der Waals surface area contributed by atoms with Gasteiger partial charge in [0.05, 0.1) is 24.3 Å². The van der Waals surface area contributed by atoms with Gasteiger partial charge >= 0.3 is 5.97 Å². The molecule has 1 aromatic carbocycles. The van der Waals surface area contributed by atoms with E-state index < -0.39 is 10.9 Å². The lowest BCUT2D eigenvalue weighted by atomic mass is 10.1. The number of methoxy groups -OCH3 is 1. The fourth-order valence-electron chi connectivity index (χ4n) is 2.28. The Morgan fingerprint density at radius 3 is 2.35 bits per heavy atom. The van der Waals surface area contributed by atoms with E-state index in [1.54, 1.807) is 14.0 Å². The summed E-state index contributed by atoms with van der Waals surface area (Å²) in [5.41, 5.74) is 9.46. The van der Waals surface area contributed by atoms with E-state index in [9.17, 15) is 24.5 Å². The second kappa shape index (κ2) is 12.1. The number of hydrogen-bond acceptors (Lipinski definition) is 10. The Morgan fingerprint density at radius 1 is 1.19 bits per heavy atom. The third kappa shape index (κ3) is 8.30. The Bertz CT molecular complexity index is 869. The number of ether oxygens (including phenoxy) is 2. The zero-order valence-corrected chi connectivity index (χ0v) is 18.1. The molecule has 31 heavy (non-hydrogen) atoms. The number of hydrogen-bond donors (Lipinski definition) is 3. The Morgan fingerprint density at radius 2 is 1.87 bits per heavy atom. The number of rotatable bonds is 8. The molecule has 0 fully saturated rings. The first-order valence-corrected chi connectivity index (χ1v) is 9.24. The van der Waals surface area contributed by atoms with Crippen molar-refractivity contribution in [1.82, 2.24) is 21.3 Å². The van der Waals surface area contributed by atoms with Gasteiger partial charge in [-0.3, -0.25) is 25.1 Å². The van der Waals surface area contributed by atoms with Crippen LogP contribution in [0, 0.1) is 10.1 Å². The summed E-state index contributed by atoms with van der Waals surface area (Å²) in [5, 5.41) is 10.7. The van der Waals surface area contributed by atoms with Gasteiger partial charge in [-0.2, -0.15) is 5.53 Å². The molecule has 0 saturated heterocycles. The lowest BCUT2D eigenvalue weighted by Crippen LogP contribution is -2.34. The molecule has 0 atom stereocenters. The maximum absolute atomic E-state index is 11.3. The molecule has 1 aliphatic heterocycles. The largest absolute Gasteiger partial charge is 0.496 e. The van der Waals surface area contributed by atoms with E-state index in [0.717, 1.165) is 0 Å². The molecule has 3 N–H and O–H groups in total. The maximum atomic E-state index is 11.3. The molecule has 0 bridgehead atoms. The predicted molar refractivity (Wildman–Crippen MR) is 110 cm³/mol. The average Bonchev–Trinajstić information content (AvgIpc) is 3.13. The molecule has 0 aliphatic carbocycles. The number of esters is 1. The van der Waals surface area contributed by atoms with Gasteiger partial charge < -0.3 is 19.8 Å². The Balaban J connectivity index is 0.000000316. The highest BCUT2D eigenvalue weighted by molar-refractivity contribution is 5.89. The Labute approximate surface area is 179 Å². The number of nitro groups is 1. The summed E-state index contributed by atoms with van der Waals surface area (Å²) in [6, 6.07) is 4.32. The first-order valence-electron chi connectivity index (χ1n) is 9.24. The SMILES string of the molecule is CC(=O)CCOC(=O)C1=C(C)NNN1.COc1ccc([N+](=O)[O-])cc1CN(C)C(C)=O. The van der Waals surface area contributed by atoms with Crippen LogP contribution in [0.1, 0.15) is 32.8 Å². The summed E-state index contributed by atoms with van der Waals surface area (Å²) in [4.78, 5) is 44.6. The van der Waals surface area contributed by atoms with Crippen molar-refractivity contribution < 1.29 is 28.8 Å². The van der Waals surface area contributed by atoms with E-state index >= 15 is 0 Å². The van der Waals surface area contributed by atoms with Crippen LogP contribution >= 0.6 is 0 Å². The maximum Gasteiger partial charge on any atom is 0.357 e. The second-order valence-corrected chi connectivity index (χ2v) is 6.59. The molecule has 1 aliphatic rings. The number of nitro benzene ring substituents is 1. The molecule has 12 nitrogen and oxygen atoms in total. The van der Waals surface area contributed by atoms with Crippen molar-refractivity contribution >= 4 is 23.3 Å². The first-order chi connectivity index (χ1) is 14.6. The van der Waals surface area contributed by atoms with Crippen molar-refractivity contribution in [3.63, 3.8) is 0 Å². The van der Waals surface area contributed by atoms with E-state index in [1.807, 2.05) is 0 Å². The van der Waals surface area contributed by atoms with E-state index in [2.05, 4.69) is 16.4 Å². The quantitative estimate of drug-likeness (QED) is 0.304. The van der Waals surface area contributed by atoms with Crippen LogP contribution in [0.2, 0.25) is 0 Å².